The number of benzene rings is 1. The normalized spacial score (nSPS) is 15.3. The maximum absolute atomic E-state index is 15.2. The molecule has 10 heteroatoms. The highest BCUT2D eigenvalue weighted by Crippen LogP contribution is 2.29. The van der Waals surface area contributed by atoms with E-state index in [2.05, 4.69) is 31.7 Å². The summed E-state index contributed by atoms with van der Waals surface area (Å²) in [5.74, 6) is -2.03. The van der Waals surface area contributed by atoms with Gasteiger partial charge in [0.05, 0.1) is 11.9 Å². The number of sulfonamides is 1. The van der Waals surface area contributed by atoms with Crippen molar-refractivity contribution in [1.82, 2.24) is 14.9 Å². The van der Waals surface area contributed by atoms with Crippen LogP contribution < -0.4 is 9.62 Å². The van der Waals surface area contributed by atoms with Gasteiger partial charge in [-0.1, -0.05) is 36.4 Å². The Morgan fingerprint density at radius 1 is 1.09 bits per heavy atom. The number of nitrogens with zero attached hydrogens (tertiary/aromatic N) is 4. The standard InChI is InChI=1S/C24H27F2N5O2S/c1-17-20(30(2)19-11-13-31(14-12-19)16-18-7-4-3-5-8-18)15-27-24(23(17)26)34(32,33)29-22-10-6-9-21(25)28-22/h3-10,15,19H,11-14,16H2,1-2H3,(H,28,29). The van der Waals surface area contributed by atoms with Crippen molar-refractivity contribution in [2.24, 2.45) is 0 Å². The Balaban J connectivity index is 1.45. The van der Waals surface area contributed by atoms with Crippen LogP contribution in [0.5, 0.6) is 0 Å². The zero-order valence-electron chi connectivity index (χ0n) is 19.1. The van der Waals surface area contributed by atoms with Crippen LogP contribution >= 0.6 is 0 Å². The minimum atomic E-state index is -4.38. The number of piperidine rings is 1. The summed E-state index contributed by atoms with van der Waals surface area (Å²) in [6.07, 6.45) is 3.18. The molecule has 1 aromatic carbocycles. The van der Waals surface area contributed by atoms with Crippen molar-refractivity contribution < 1.29 is 17.2 Å². The fourth-order valence-corrected chi connectivity index (χ4v) is 5.31. The number of halogens is 2. The van der Waals surface area contributed by atoms with Gasteiger partial charge in [0.25, 0.3) is 10.0 Å². The zero-order valence-corrected chi connectivity index (χ0v) is 19.9. The van der Waals surface area contributed by atoms with Crippen LogP contribution in [0.3, 0.4) is 0 Å². The number of pyridine rings is 2. The van der Waals surface area contributed by atoms with E-state index in [0.29, 0.717) is 5.69 Å². The van der Waals surface area contributed by atoms with Crippen molar-refractivity contribution in [3.63, 3.8) is 0 Å². The van der Waals surface area contributed by atoms with Gasteiger partial charge in [0, 0.05) is 38.3 Å². The summed E-state index contributed by atoms with van der Waals surface area (Å²) in [6, 6.07) is 14.2. The molecule has 0 saturated carbocycles. The largest absolute Gasteiger partial charge is 0.370 e. The number of hydrogen-bond acceptors (Lipinski definition) is 6. The van der Waals surface area contributed by atoms with Gasteiger partial charge < -0.3 is 4.90 Å². The highest BCUT2D eigenvalue weighted by molar-refractivity contribution is 7.92. The molecule has 3 aromatic rings. The summed E-state index contributed by atoms with van der Waals surface area (Å²) >= 11 is 0. The predicted octanol–water partition coefficient (Wildman–Crippen LogP) is 3.96. The molecule has 0 radical (unpaired) electrons. The first-order valence-corrected chi connectivity index (χ1v) is 12.5. The van der Waals surface area contributed by atoms with Crippen LogP contribution in [0.25, 0.3) is 0 Å². The van der Waals surface area contributed by atoms with Crippen LogP contribution in [-0.4, -0.2) is 49.5 Å². The lowest BCUT2D eigenvalue weighted by molar-refractivity contribution is 0.203. The highest BCUT2D eigenvalue weighted by Gasteiger charge is 2.28. The number of anilines is 2. The molecule has 3 heterocycles. The zero-order chi connectivity index (χ0) is 24.3. The number of likely N-dealkylation sites (tertiary alicyclic amines) is 1. The summed E-state index contributed by atoms with van der Waals surface area (Å²) in [7, 11) is -2.50. The molecule has 0 unspecified atom stereocenters. The van der Waals surface area contributed by atoms with E-state index in [-0.39, 0.29) is 17.4 Å². The van der Waals surface area contributed by atoms with E-state index in [1.165, 1.54) is 30.8 Å². The second-order valence-electron chi connectivity index (χ2n) is 8.44. The van der Waals surface area contributed by atoms with Gasteiger partial charge >= 0.3 is 0 Å². The Morgan fingerprint density at radius 2 is 1.79 bits per heavy atom. The lowest BCUT2D eigenvalue weighted by Crippen LogP contribution is -2.43. The van der Waals surface area contributed by atoms with Crippen LogP contribution in [0.1, 0.15) is 24.0 Å². The number of hydrogen-bond donors (Lipinski definition) is 1. The van der Waals surface area contributed by atoms with E-state index >= 15 is 4.39 Å². The van der Waals surface area contributed by atoms with Crippen LogP contribution in [0, 0.1) is 18.7 Å². The lowest BCUT2D eigenvalue weighted by Gasteiger charge is -2.38. The van der Waals surface area contributed by atoms with Gasteiger partial charge in [-0.2, -0.15) is 12.8 Å². The van der Waals surface area contributed by atoms with Gasteiger partial charge in [-0.05, 0) is 37.5 Å². The van der Waals surface area contributed by atoms with Crippen LogP contribution in [0.4, 0.5) is 20.3 Å². The fourth-order valence-electron chi connectivity index (χ4n) is 4.24. The molecular formula is C24H27F2N5O2S. The van der Waals surface area contributed by atoms with Gasteiger partial charge in [0.2, 0.25) is 11.0 Å². The summed E-state index contributed by atoms with van der Waals surface area (Å²) in [6.45, 7) is 4.25. The number of rotatable bonds is 7. The summed E-state index contributed by atoms with van der Waals surface area (Å²) in [4.78, 5) is 11.7. The molecule has 0 aliphatic carbocycles. The third-order valence-electron chi connectivity index (χ3n) is 6.15. The molecule has 34 heavy (non-hydrogen) atoms. The van der Waals surface area contributed by atoms with E-state index in [9.17, 15) is 12.8 Å². The molecule has 1 fully saturated rings. The van der Waals surface area contributed by atoms with Crippen LogP contribution in [-0.2, 0) is 16.6 Å². The molecular weight excluding hydrogens is 460 g/mol. The quantitative estimate of drug-likeness (QED) is 0.508. The van der Waals surface area contributed by atoms with E-state index in [1.54, 1.807) is 0 Å². The monoisotopic (exact) mass is 487 g/mol. The minimum absolute atomic E-state index is 0.184. The van der Waals surface area contributed by atoms with Crippen molar-refractivity contribution in [3.8, 4) is 0 Å². The fraction of sp³-hybridized carbons (Fsp3) is 0.333. The summed E-state index contributed by atoms with van der Waals surface area (Å²) < 4.78 is 55.9. The SMILES string of the molecule is Cc1c(N(C)C2CCN(Cc3ccccc3)CC2)cnc(S(=O)(=O)Nc2cccc(F)n2)c1F. The highest BCUT2D eigenvalue weighted by atomic mass is 32.2. The molecule has 7 nitrogen and oxygen atoms in total. The molecule has 180 valence electrons. The second kappa shape index (κ2) is 10.0. The molecule has 1 saturated heterocycles. The first kappa shape index (κ1) is 24.0. The topological polar surface area (TPSA) is 78.4 Å². The van der Waals surface area contributed by atoms with E-state index < -0.39 is 26.8 Å². The van der Waals surface area contributed by atoms with E-state index in [0.717, 1.165) is 38.5 Å². The number of aromatic nitrogens is 2. The lowest BCUT2D eigenvalue weighted by atomic mass is 10.0. The molecule has 0 amide bonds. The van der Waals surface area contributed by atoms with Crippen molar-refractivity contribution in [3.05, 3.63) is 77.6 Å². The Kier molecular flexibility index (Phi) is 7.08. The molecule has 1 aliphatic rings. The molecule has 2 aromatic heterocycles. The van der Waals surface area contributed by atoms with Crippen molar-refractivity contribution in [2.45, 2.75) is 37.4 Å². The molecule has 1 aliphatic heterocycles. The maximum atomic E-state index is 15.2. The third kappa shape index (κ3) is 5.34. The van der Waals surface area contributed by atoms with Gasteiger partial charge in [0.15, 0.2) is 5.82 Å². The van der Waals surface area contributed by atoms with Crippen LogP contribution in [0.15, 0.2) is 59.8 Å². The van der Waals surface area contributed by atoms with Crippen LogP contribution in [0.2, 0.25) is 0 Å². The van der Waals surface area contributed by atoms with Gasteiger partial charge in [0.1, 0.15) is 5.82 Å². The predicted molar refractivity (Wildman–Crippen MR) is 127 cm³/mol. The first-order valence-electron chi connectivity index (χ1n) is 11.0. The van der Waals surface area contributed by atoms with Gasteiger partial charge in [-0.25, -0.2) is 14.4 Å². The Labute approximate surface area is 198 Å². The third-order valence-corrected chi connectivity index (χ3v) is 7.42. The molecule has 0 spiro atoms. The Morgan fingerprint density at radius 3 is 2.47 bits per heavy atom. The Hall–Kier alpha value is -3.11. The minimum Gasteiger partial charge on any atom is -0.370 e. The van der Waals surface area contributed by atoms with Gasteiger partial charge in [-0.3, -0.25) is 9.62 Å². The Bertz CT molecular complexity index is 1250. The average Bonchev–Trinajstić information content (AvgIpc) is 2.81. The molecule has 4 rings (SSSR count). The first-order chi connectivity index (χ1) is 16.2. The van der Waals surface area contributed by atoms with Crippen molar-refractivity contribution >= 4 is 21.5 Å². The molecule has 0 atom stereocenters. The smallest absolute Gasteiger partial charge is 0.283 e. The maximum Gasteiger partial charge on any atom is 0.283 e. The van der Waals surface area contributed by atoms with Crippen molar-refractivity contribution in [1.29, 1.82) is 0 Å². The molecule has 0 bridgehead atoms. The number of nitrogens with one attached hydrogen (secondary N) is 1. The van der Waals surface area contributed by atoms with Crippen molar-refractivity contribution in [2.75, 3.05) is 29.8 Å². The van der Waals surface area contributed by atoms with E-state index in [4.69, 9.17) is 0 Å². The summed E-state index contributed by atoms with van der Waals surface area (Å²) in [5.41, 5.74) is 2.01. The van der Waals surface area contributed by atoms with Gasteiger partial charge in [-0.15, -0.1) is 0 Å². The van der Waals surface area contributed by atoms with E-state index in [1.807, 2.05) is 30.1 Å². The summed E-state index contributed by atoms with van der Waals surface area (Å²) in [5, 5.41) is -0.745. The second-order valence-corrected chi connectivity index (χ2v) is 10.0. The molecule has 1 N–H and O–H groups in total. The average molecular weight is 488 g/mol.